The van der Waals surface area contributed by atoms with Crippen LogP contribution in [0.3, 0.4) is 0 Å². The lowest BCUT2D eigenvalue weighted by molar-refractivity contribution is 0.411. The van der Waals surface area contributed by atoms with Gasteiger partial charge in [0.1, 0.15) is 5.75 Å². The highest BCUT2D eigenvalue weighted by molar-refractivity contribution is 9.10. The molecule has 1 unspecified atom stereocenters. The molecule has 0 aliphatic carbocycles. The Bertz CT molecular complexity index is 602. The summed E-state index contributed by atoms with van der Waals surface area (Å²) in [5.41, 5.74) is 4.61. The molecule has 1 atom stereocenters. The van der Waals surface area contributed by atoms with Gasteiger partial charge in [-0.05, 0) is 40.5 Å². The molecular weight excluding hydrogens is 344 g/mol. The summed E-state index contributed by atoms with van der Waals surface area (Å²) in [6.45, 7) is 2.72. The summed E-state index contributed by atoms with van der Waals surface area (Å²) in [5, 5.41) is 4.82. The molecule has 0 spiro atoms. The van der Waals surface area contributed by atoms with Crippen molar-refractivity contribution in [2.45, 2.75) is 19.5 Å². The first-order chi connectivity index (χ1) is 9.62. The fraction of sp³-hybridized carbons (Fsp3) is 0.308. The quantitative estimate of drug-likeness (QED) is 0.636. The van der Waals surface area contributed by atoms with Gasteiger partial charge in [0.05, 0.1) is 34.5 Å². The van der Waals surface area contributed by atoms with Crippen molar-refractivity contribution >= 4 is 27.5 Å². The average Bonchev–Trinajstić information content (AvgIpc) is 2.81. The van der Waals surface area contributed by atoms with Crippen molar-refractivity contribution in [3.8, 4) is 5.75 Å². The van der Waals surface area contributed by atoms with Crippen LogP contribution in [0.15, 0.2) is 28.9 Å². The normalized spacial score (nSPS) is 12.4. The van der Waals surface area contributed by atoms with E-state index in [1.807, 2.05) is 29.8 Å². The Balaban J connectivity index is 2.47. The molecular formula is C13H16BrClN4O. The lowest BCUT2D eigenvalue weighted by atomic mass is 10.0. The molecule has 20 heavy (non-hydrogen) atoms. The second-order valence-electron chi connectivity index (χ2n) is 4.19. The van der Waals surface area contributed by atoms with Gasteiger partial charge in [0.25, 0.3) is 0 Å². The molecule has 0 fully saturated rings. The third-order valence-corrected chi connectivity index (χ3v) is 3.99. The van der Waals surface area contributed by atoms with E-state index in [1.54, 1.807) is 13.3 Å². The summed E-state index contributed by atoms with van der Waals surface area (Å²) in [7, 11) is 1.63. The van der Waals surface area contributed by atoms with Gasteiger partial charge < -0.3 is 4.74 Å². The van der Waals surface area contributed by atoms with Crippen LogP contribution in [0.1, 0.15) is 24.2 Å². The summed E-state index contributed by atoms with van der Waals surface area (Å²) in [5.74, 6) is 6.48. The Hall–Kier alpha value is -1.08. The van der Waals surface area contributed by atoms with E-state index in [0.29, 0.717) is 5.02 Å². The lowest BCUT2D eigenvalue weighted by Crippen LogP contribution is -2.31. The smallest absolute Gasteiger partial charge is 0.133 e. The standard InChI is InChI=1S/C13H16BrClN4O/c1-3-19-13(10(15)7-17-19)12(18-16)8-4-5-11(20-2)9(14)6-8/h4-7,12,18H,3,16H2,1-2H3. The molecule has 0 radical (unpaired) electrons. The summed E-state index contributed by atoms with van der Waals surface area (Å²) < 4.78 is 7.91. The largest absolute Gasteiger partial charge is 0.496 e. The van der Waals surface area contributed by atoms with E-state index >= 15 is 0 Å². The van der Waals surface area contributed by atoms with Crippen LogP contribution in [0.2, 0.25) is 5.02 Å². The number of methoxy groups -OCH3 is 1. The number of aromatic nitrogens is 2. The van der Waals surface area contributed by atoms with Crippen molar-refractivity contribution in [3.63, 3.8) is 0 Å². The van der Waals surface area contributed by atoms with Crippen LogP contribution in [0, 0.1) is 0 Å². The van der Waals surface area contributed by atoms with Gasteiger partial charge in [-0.25, -0.2) is 5.43 Å². The summed E-state index contributed by atoms with van der Waals surface area (Å²) in [4.78, 5) is 0. The van der Waals surface area contributed by atoms with Crippen molar-refractivity contribution < 1.29 is 4.74 Å². The first kappa shape index (κ1) is 15.3. The van der Waals surface area contributed by atoms with Gasteiger partial charge in [-0.2, -0.15) is 5.10 Å². The number of halogens is 2. The van der Waals surface area contributed by atoms with Crippen LogP contribution in [-0.4, -0.2) is 16.9 Å². The number of nitrogens with two attached hydrogens (primary N) is 1. The predicted octanol–water partition coefficient (Wildman–Crippen LogP) is 2.88. The molecule has 0 aliphatic rings. The molecule has 0 aliphatic heterocycles. The topological polar surface area (TPSA) is 65.1 Å². The Labute approximate surface area is 131 Å². The average molecular weight is 360 g/mol. The molecule has 1 heterocycles. The van der Waals surface area contributed by atoms with Crippen LogP contribution >= 0.6 is 27.5 Å². The van der Waals surface area contributed by atoms with E-state index < -0.39 is 0 Å². The van der Waals surface area contributed by atoms with E-state index in [0.717, 1.165) is 28.0 Å². The zero-order valence-corrected chi connectivity index (χ0v) is 13.6. The maximum Gasteiger partial charge on any atom is 0.133 e. The fourth-order valence-corrected chi connectivity index (χ4v) is 2.91. The van der Waals surface area contributed by atoms with Gasteiger partial charge in [-0.3, -0.25) is 10.5 Å². The Morgan fingerprint density at radius 2 is 2.30 bits per heavy atom. The van der Waals surface area contributed by atoms with Gasteiger partial charge in [-0.1, -0.05) is 17.7 Å². The van der Waals surface area contributed by atoms with E-state index in [4.69, 9.17) is 22.2 Å². The first-order valence-corrected chi connectivity index (χ1v) is 7.30. The molecule has 2 aromatic rings. The summed E-state index contributed by atoms with van der Waals surface area (Å²) in [6, 6.07) is 5.53. The molecule has 1 aromatic heterocycles. The van der Waals surface area contributed by atoms with Gasteiger partial charge in [-0.15, -0.1) is 0 Å². The van der Waals surface area contributed by atoms with Crippen molar-refractivity contribution in [2.75, 3.05) is 7.11 Å². The molecule has 5 nitrogen and oxygen atoms in total. The molecule has 1 aromatic carbocycles. The van der Waals surface area contributed by atoms with E-state index in [2.05, 4.69) is 26.5 Å². The molecule has 3 N–H and O–H groups in total. The third-order valence-electron chi connectivity index (χ3n) is 3.08. The highest BCUT2D eigenvalue weighted by Crippen LogP contribution is 2.32. The molecule has 0 amide bonds. The maximum atomic E-state index is 6.23. The van der Waals surface area contributed by atoms with Crippen molar-refractivity contribution in [3.05, 3.63) is 45.1 Å². The summed E-state index contributed by atoms with van der Waals surface area (Å²) in [6.07, 6.45) is 1.63. The first-order valence-electron chi connectivity index (χ1n) is 6.13. The van der Waals surface area contributed by atoms with Crippen molar-refractivity contribution in [1.82, 2.24) is 15.2 Å². The van der Waals surface area contributed by atoms with E-state index in [-0.39, 0.29) is 6.04 Å². The number of benzene rings is 1. The molecule has 2 rings (SSSR count). The molecule has 108 valence electrons. The number of aryl methyl sites for hydroxylation is 1. The van der Waals surface area contributed by atoms with Gasteiger partial charge >= 0.3 is 0 Å². The summed E-state index contributed by atoms with van der Waals surface area (Å²) >= 11 is 9.70. The van der Waals surface area contributed by atoms with Crippen LogP contribution in [-0.2, 0) is 6.54 Å². The monoisotopic (exact) mass is 358 g/mol. The molecule has 0 bridgehead atoms. The SMILES string of the molecule is CCn1ncc(Cl)c1C(NN)c1ccc(OC)c(Br)c1. The van der Waals surface area contributed by atoms with E-state index in [9.17, 15) is 0 Å². The minimum atomic E-state index is -0.243. The number of nitrogens with one attached hydrogen (secondary N) is 1. The number of hydrazine groups is 1. The number of hydrogen-bond acceptors (Lipinski definition) is 4. The van der Waals surface area contributed by atoms with Crippen molar-refractivity contribution in [2.24, 2.45) is 5.84 Å². The molecule has 0 saturated carbocycles. The van der Waals surface area contributed by atoms with E-state index in [1.165, 1.54) is 0 Å². The van der Waals surface area contributed by atoms with Crippen LogP contribution < -0.4 is 16.0 Å². The third kappa shape index (κ3) is 2.83. The fourth-order valence-electron chi connectivity index (χ4n) is 2.11. The minimum Gasteiger partial charge on any atom is -0.496 e. The Morgan fingerprint density at radius 1 is 1.55 bits per heavy atom. The zero-order valence-electron chi connectivity index (χ0n) is 11.2. The number of rotatable bonds is 5. The lowest BCUT2D eigenvalue weighted by Gasteiger charge is -2.19. The maximum absolute atomic E-state index is 6.23. The predicted molar refractivity (Wildman–Crippen MR) is 82.8 cm³/mol. The number of hydrogen-bond donors (Lipinski definition) is 2. The Kier molecular flexibility index (Phi) is 5.04. The van der Waals surface area contributed by atoms with Gasteiger partial charge in [0.2, 0.25) is 0 Å². The Morgan fingerprint density at radius 3 is 2.85 bits per heavy atom. The van der Waals surface area contributed by atoms with Crippen LogP contribution in [0.4, 0.5) is 0 Å². The van der Waals surface area contributed by atoms with Gasteiger partial charge in [0.15, 0.2) is 0 Å². The molecule has 0 saturated heterocycles. The zero-order chi connectivity index (χ0) is 14.7. The van der Waals surface area contributed by atoms with Gasteiger partial charge in [0, 0.05) is 6.54 Å². The second-order valence-corrected chi connectivity index (χ2v) is 5.45. The number of nitrogens with zero attached hydrogens (tertiary/aromatic N) is 2. The minimum absolute atomic E-state index is 0.243. The van der Waals surface area contributed by atoms with Crippen molar-refractivity contribution in [1.29, 1.82) is 0 Å². The van der Waals surface area contributed by atoms with Crippen LogP contribution in [0.5, 0.6) is 5.75 Å². The highest BCUT2D eigenvalue weighted by Gasteiger charge is 2.21. The number of ether oxygens (including phenoxy) is 1. The molecule has 7 heteroatoms. The second kappa shape index (κ2) is 6.58. The highest BCUT2D eigenvalue weighted by atomic mass is 79.9. The van der Waals surface area contributed by atoms with Crippen LogP contribution in [0.25, 0.3) is 0 Å².